The van der Waals surface area contributed by atoms with Crippen LogP contribution in [-0.4, -0.2) is 35.8 Å². The minimum atomic E-state index is -0.816. The van der Waals surface area contributed by atoms with Crippen molar-refractivity contribution in [3.05, 3.63) is 29.3 Å². The molecule has 0 saturated heterocycles. The fraction of sp³-hybridized carbons (Fsp3) is 0.417. The molecule has 0 saturated carbocycles. The third kappa shape index (κ3) is 3.54. The first-order valence-corrected chi connectivity index (χ1v) is 5.87. The molecule has 0 amide bonds. The van der Waals surface area contributed by atoms with Gasteiger partial charge in [0.15, 0.2) is 5.84 Å². The number of anilines is 1. The summed E-state index contributed by atoms with van der Waals surface area (Å²) in [4.78, 5) is 1.42. The second kappa shape index (κ2) is 6.89. The summed E-state index contributed by atoms with van der Waals surface area (Å²) >= 11 is 0. The van der Waals surface area contributed by atoms with Crippen molar-refractivity contribution in [1.29, 1.82) is 0 Å². The summed E-state index contributed by atoms with van der Waals surface area (Å²) in [7, 11) is 0. The van der Waals surface area contributed by atoms with Crippen LogP contribution in [0.5, 0.6) is 0 Å². The Hall–Kier alpha value is -1.89. The van der Waals surface area contributed by atoms with Crippen molar-refractivity contribution in [3.63, 3.8) is 0 Å². The van der Waals surface area contributed by atoms with Gasteiger partial charge in [0.1, 0.15) is 17.3 Å². The van der Waals surface area contributed by atoms with Crippen molar-refractivity contribution in [2.75, 3.05) is 24.6 Å². The molecule has 19 heavy (non-hydrogen) atoms. The van der Waals surface area contributed by atoms with Gasteiger partial charge in [-0.05, 0) is 18.6 Å². The highest BCUT2D eigenvalue weighted by molar-refractivity contribution is 5.97. The molecule has 0 radical (unpaired) electrons. The number of nitrogens with two attached hydrogens (primary N) is 1. The van der Waals surface area contributed by atoms with Gasteiger partial charge >= 0.3 is 0 Å². The average Bonchev–Trinajstić information content (AvgIpc) is 2.37. The van der Waals surface area contributed by atoms with E-state index in [0.29, 0.717) is 13.0 Å². The molecule has 0 heterocycles. The standard InChI is InChI=1S/C12H17F2N3O2/c1-2-3-17(4-5-18)11-9(13)6-8(7-10(11)14)12(15)16-19/h6-7,18-19H,2-5H2,1H3,(H2,15,16). The molecule has 0 bridgehead atoms. The number of oxime groups is 1. The molecule has 7 heteroatoms. The van der Waals surface area contributed by atoms with Crippen LogP contribution < -0.4 is 10.6 Å². The quantitative estimate of drug-likeness (QED) is 0.315. The second-order valence-corrected chi connectivity index (χ2v) is 3.98. The summed E-state index contributed by atoms with van der Waals surface area (Å²) in [5.74, 6) is -2.00. The first kappa shape index (κ1) is 15.2. The molecular formula is C12H17F2N3O2. The van der Waals surface area contributed by atoms with Gasteiger partial charge in [-0.25, -0.2) is 8.78 Å². The van der Waals surface area contributed by atoms with E-state index >= 15 is 0 Å². The van der Waals surface area contributed by atoms with E-state index in [1.54, 1.807) is 0 Å². The minimum absolute atomic E-state index is 0.0401. The van der Waals surface area contributed by atoms with Crippen LogP contribution in [0.4, 0.5) is 14.5 Å². The van der Waals surface area contributed by atoms with Crippen molar-refractivity contribution in [2.45, 2.75) is 13.3 Å². The molecule has 4 N–H and O–H groups in total. The predicted molar refractivity (Wildman–Crippen MR) is 68.5 cm³/mol. The molecule has 0 unspecified atom stereocenters. The van der Waals surface area contributed by atoms with Crippen LogP contribution in [0.1, 0.15) is 18.9 Å². The largest absolute Gasteiger partial charge is 0.409 e. The molecule has 1 aromatic rings. The summed E-state index contributed by atoms with van der Waals surface area (Å²) < 4.78 is 27.9. The van der Waals surface area contributed by atoms with Crippen LogP contribution in [0.15, 0.2) is 17.3 Å². The maximum atomic E-state index is 13.9. The zero-order valence-electron chi connectivity index (χ0n) is 10.6. The molecule has 0 aliphatic carbocycles. The highest BCUT2D eigenvalue weighted by Crippen LogP contribution is 2.25. The molecule has 0 aliphatic rings. The topological polar surface area (TPSA) is 82.1 Å². The van der Waals surface area contributed by atoms with Gasteiger partial charge in [-0.1, -0.05) is 12.1 Å². The summed E-state index contributed by atoms with van der Waals surface area (Å²) in [6.45, 7) is 2.20. The van der Waals surface area contributed by atoms with Crippen molar-refractivity contribution in [2.24, 2.45) is 10.9 Å². The van der Waals surface area contributed by atoms with Crippen LogP contribution >= 0.6 is 0 Å². The second-order valence-electron chi connectivity index (χ2n) is 3.98. The smallest absolute Gasteiger partial charge is 0.170 e. The van der Waals surface area contributed by atoms with Crippen molar-refractivity contribution >= 4 is 11.5 Å². The van der Waals surface area contributed by atoms with Gasteiger partial charge in [-0.15, -0.1) is 0 Å². The van der Waals surface area contributed by atoms with E-state index in [1.165, 1.54) is 4.90 Å². The van der Waals surface area contributed by atoms with Crippen LogP contribution in [0.2, 0.25) is 0 Å². The third-order valence-corrected chi connectivity index (χ3v) is 2.60. The SMILES string of the molecule is CCCN(CCO)c1c(F)cc(C(N)=NO)cc1F. The Balaban J connectivity index is 3.21. The van der Waals surface area contributed by atoms with E-state index in [1.807, 2.05) is 6.92 Å². The summed E-state index contributed by atoms with van der Waals surface area (Å²) in [5, 5.41) is 20.1. The van der Waals surface area contributed by atoms with Crippen molar-refractivity contribution < 1.29 is 19.1 Å². The number of amidine groups is 1. The Bertz CT molecular complexity index is 437. The lowest BCUT2D eigenvalue weighted by molar-refractivity contribution is 0.301. The Morgan fingerprint density at radius 1 is 1.32 bits per heavy atom. The van der Waals surface area contributed by atoms with Crippen molar-refractivity contribution in [1.82, 2.24) is 0 Å². The predicted octanol–water partition coefficient (Wildman–Crippen LogP) is 1.27. The van der Waals surface area contributed by atoms with E-state index in [2.05, 4.69) is 5.16 Å². The molecule has 0 aliphatic heterocycles. The lowest BCUT2D eigenvalue weighted by Crippen LogP contribution is -2.29. The molecule has 0 aromatic heterocycles. The Labute approximate surface area is 109 Å². The number of aliphatic hydroxyl groups excluding tert-OH is 1. The van der Waals surface area contributed by atoms with Gasteiger partial charge in [0.2, 0.25) is 0 Å². The Morgan fingerprint density at radius 2 is 1.89 bits per heavy atom. The van der Waals surface area contributed by atoms with Crippen LogP contribution in [-0.2, 0) is 0 Å². The number of aliphatic hydroxyl groups is 1. The molecule has 1 aromatic carbocycles. The van der Waals surface area contributed by atoms with Crippen LogP contribution in [0.25, 0.3) is 0 Å². The third-order valence-electron chi connectivity index (χ3n) is 2.60. The number of nitrogens with zero attached hydrogens (tertiary/aromatic N) is 2. The molecular weight excluding hydrogens is 256 g/mol. The Morgan fingerprint density at radius 3 is 2.32 bits per heavy atom. The van der Waals surface area contributed by atoms with Crippen LogP contribution in [0.3, 0.4) is 0 Å². The first-order chi connectivity index (χ1) is 9.04. The molecule has 0 fully saturated rings. The van der Waals surface area contributed by atoms with E-state index < -0.39 is 11.6 Å². The molecule has 106 valence electrons. The summed E-state index contributed by atoms with van der Waals surface area (Å²) in [6.07, 6.45) is 0.681. The van der Waals surface area contributed by atoms with E-state index in [-0.39, 0.29) is 30.2 Å². The van der Waals surface area contributed by atoms with E-state index in [0.717, 1.165) is 12.1 Å². The normalized spacial score (nSPS) is 11.7. The van der Waals surface area contributed by atoms with E-state index in [4.69, 9.17) is 16.0 Å². The van der Waals surface area contributed by atoms with Gasteiger partial charge in [-0.2, -0.15) is 0 Å². The molecule has 5 nitrogen and oxygen atoms in total. The number of rotatable bonds is 6. The maximum Gasteiger partial charge on any atom is 0.170 e. The summed E-state index contributed by atoms with van der Waals surface area (Å²) in [5.41, 5.74) is 5.03. The van der Waals surface area contributed by atoms with Gasteiger partial charge < -0.3 is 20.9 Å². The maximum absolute atomic E-state index is 13.9. The lowest BCUT2D eigenvalue weighted by Gasteiger charge is -2.24. The fourth-order valence-electron chi connectivity index (χ4n) is 1.80. The molecule has 0 spiro atoms. The zero-order chi connectivity index (χ0) is 14.4. The van der Waals surface area contributed by atoms with Gasteiger partial charge in [0.25, 0.3) is 0 Å². The molecule has 0 atom stereocenters. The van der Waals surface area contributed by atoms with Crippen LogP contribution in [0, 0.1) is 11.6 Å². The minimum Gasteiger partial charge on any atom is -0.409 e. The zero-order valence-corrected chi connectivity index (χ0v) is 10.6. The number of hydrogen-bond donors (Lipinski definition) is 3. The highest BCUT2D eigenvalue weighted by atomic mass is 19.1. The summed E-state index contributed by atoms with van der Waals surface area (Å²) in [6, 6.07) is 1.99. The van der Waals surface area contributed by atoms with Crippen molar-refractivity contribution in [3.8, 4) is 0 Å². The fourth-order valence-corrected chi connectivity index (χ4v) is 1.80. The first-order valence-electron chi connectivity index (χ1n) is 5.87. The average molecular weight is 273 g/mol. The number of hydrogen-bond acceptors (Lipinski definition) is 4. The monoisotopic (exact) mass is 273 g/mol. The van der Waals surface area contributed by atoms with Gasteiger partial charge in [-0.3, -0.25) is 0 Å². The van der Waals surface area contributed by atoms with Gasteiger partial charge in [0.05, 0.1) is 6.61 Å². The number of halogens is 2. The van der Waals surface area contributed by atoms with E-state index in [9.17, 15) is 8.78 Å². The lowest BCUT2D eigenvalue weighted by atomic mass is 10.1. The van der Waals surface area contributed by atoms with Gasteiger partial charge in [0, 0.05) is 18.7 Å². The Kier molecular flexibility index (Phi) is 5.50. The highest BCUT2D eigenvalue weighted by Gasteiger charge is 2.18. The number of benzene rings is 1. The molecule has 1 rings (SSSR count).